The first-order valence-corrected chi connectivity index (χ1v) is 7.57. The lowest BCUT2D eigenvalue weighted by Crippen LogP contribution is -2.09. The predicted octanol–water partition coefficient (Wildman–Crippen LogP) is 5.51. The van der Waals surface area contributed by atoms with Crippen LogP contribution in [-0.4, -0.2) is 5.91 Å². The molecule has 5 heteroatoms. The average molecular weight is 341 g/mol. The van der Waals surface area contributed by atoms with Crippen LogP contribution in [0.1, 0.15) is 11.1 Å². The normalized spacial score (nSPS) is 11.8. The Labute approximate surface area is 142 Å². The number of carbonyl (C=O) groups is 1. The number of hydrogen-bond acceptors (Lipinski definition) is 1. The largest absolute Gasteiger partial charge is 0.416 e. The van der Waals surface area contributed by atoms with Crippen LogP contribution in [0.15, 0.2) is 72.8 Å². The number of halogens is 3. The van der Waals surface area contributed by atoms with E-state index in [1.165, 1.54) is 18.2 Å². The molecule has 0 saturated carbocycles. The van der Waals surface area contributed by atoms with Gasteiger partial charge in [0, 0.05) is 11.8 Å². The van der Waals surface area contributed by atoms with Crippen molar-refractivity contribution < 1.29 is 18.0 Å². The maximum atomic E-state index is 12.5. The lowest BCUT2D eigenvalue weighted by Gasteiger charge is -2.07. The fourth-order valence-corrected chi connectivity index (χ4v) is 2.49. The molecule has 0 aliphatic rings. The molecular weight excluding hydrogens is 327 g/mol. The molecule has 3 rings (SSSR count). The molecule has 0 saturated heterocycles. The van der Waals surface area contributed by atoms with Crippen molar-refractivity contribution in [2.45, 2.75) is 6.18 Å². The van der Waals surface area contributed by atoms with Crippen molar-refractivity contribution in [1.82, 2.24) is 0 Å². The molecular formula is C20H14F3NO. The number of hydrogen-bond donors (Lipinski definition) is 1. The molecule has 25 heavy (non-hydrogen) atoms. The lowest BCUT2D eigenvalue weighted by molar-refractivity contribution is -0.137. The quantitative estimate of drug-likeness (QED) is 0.625. The minimum absolute atomic E-state index is 0.306. The number of alkyl halides is 3. The standard InChI is InChI=1S/C20H14F3NO/c21-20(22,23)16-9-11-17(12-10-16)24-19(25)13-8-15-6-3-5-14-4-1-2-7-18(14)15/h1-13H,(H,24,25)/b13-8+. The van der Waals surface area contributed by atoms with Crippen molar-refractivity contribution in [2.24, 2.45) is 0 Å². The summed E-state index contributed by atoms with van der Waals surface area (Å²) in [6.45, 7) is 0. The molecule has 0 aliphatic carbocycles. The topological polar surface area (TPSA) is 29.1 Å². The summed E-state index contributed by atoms with van der Waals surface area (Å²) in [5, 5.41) is 4.63. The van der Waals surface area contributed by atoms with Crippen LogP contribution in [0.3, 0.4) is 0 Å². The van der Waals surface area contributed by atoms with Crippen LogP contribution in [0.2, 0.25) is 0 Å². The second-order valence-electron chi connectivity index (χ2n) is 5.47. The summed E-state index contributed by atoms with van der Waals surface area (Å²) in [7, 11) is 0. The number of fused-ring (bicyclic) bond motifs is 1. The first-order chi connectivity index (χ1) is 11.9. The molecule has 3 aromatic carbocycles. The number of carbonyl (C=O) groups excluding carboxylic acids is 1. The zero-order valence-corrected chi connectivity index (χ0v) is 13.0. The van der Waals surface area contributed by atoms with Gasteiger partial charge >= 0.3 is 6.18 Å². The molecule has 1 amide bonds. The Morgan fingerprint density at radius 2 is 1.56 bits per heavy atom. The minimum atomic E-state index is -4.39. The van der Waals surface area contributed by atoms with E-state index in [1.807, 2.05) is 42.5 Å². The van der Waals surface area contributed by atoms with Crippen molar-refractivity contribution in [3.8, 4) is 0 Å². The maximum Gasteiger partial charge on any atom is 0.416 e. The van der Waals surface area contributed by atoms with Crippen LogP contribution < -0.4 is 5.32 Å². The van der Waals surface area contributed by atoms with E-state index >= 15 is 0 Å². The Morgan fingerprint density at radius 3 is 2.28 bits per heavy atom. The average Bonchev–Trinajstić information content (AvgIpc) is 2.59. The van der Waals surface area contributed by atoms with E-state index in [2.05, 4.69) is 5.32 Å². The summed E-state index contributed by atoms with van der Waals surface area (Å²) in [5.41, 5.74) is 0.443. The molecule has 3 aromatic rings. The van der Waals surface area contributed by atoms with Gasteiger partial charge in [0.1, 0.15) is 0 Å². The second kappa shape index (κ2) is 6.81. The fraction of sp³-hybridized carbons (Fsp3) is 0.0500. The predicted molar refractivity (Wildman–Crippen MR) is 93.1 cm³/mol. The Bertz CT molecular complexity index is 922. The molecule has 0 aliphatic heterocycles. The number of rotatable bonds is 3. The molecule has 0 aromatic heterocycles. The summed E-state index contributed by atoms with van der Waals surface area (Å²) in [5.74, 6) is -0.410. The highest BCUT2D eigenvalue weighted by Crippen LogP contribution is 2.29. The molecule has 0 heterocycles. The molecule has 126 valence electrons. The van der Waals surface area contributed by atoms with E-state index in [-0.39, 0.29) is 0 Å². The smallest absolute Gasteiger partial charge is 0.323 e. The van der Waals surface area contributed by atoms with E-state index in [0.717, 1.165) is 28.5 Å². The summed E-state index contributed by atoms with van der Waals surface area (Å²) in [6, 6.07) is 17.9. The number of nitrogens with one attached hydrogen (secondary N) is 1. The summed E-state index contributed by atoms with van der Waals surface area (Å²) in [6.07, 6.45) is -1.35. The summed E-state index contributed by atoms with van der Waals surface area (Å²) in [4.78, 5) is 12.0. The highest BCUT2D eigenvalue weighted by molar-refractivity contribution is 6.03. The van der Waals surface area contributed by atoms with Crippen LogP contribution in [0.5, 0.6) is 0 Å². The van der Waals surface area contributed by atoms with Gasteiger partial charge in [-0.25, -0.2) is 0 Å². The third-order valence-corrected chi connectivity index (χ3v) is 3.72. The van der Waals surface area contributed by atoms with Gasteiger partial charge in [-0.3, -0.25) is 4.79 Å². The van der Waals surface area contributed by atoms with Crippen LogP contribution in [-0.2, 0) is 11.0 Å². The second-order valence-corrected chi connectivity index (χ2v) is 5.47. The van der Waals surface area contributed by atoms with Gasteiger partial charge in [0.25, 0.3) is 0 Å². The zero-order chi connectivity index (χ0) is 17.9. The molecule has 0 unspecified atom stereocenters. The van der Waals surface area contributed by atoms with E-state index in [4.69, 9.17) is 0 Å². The Balaban J connectivity index is 1.73. The van der Waals surface area contributed by atoms with Gasteiger partial charge in [-0.2, -0.15) is 13.2 Å². The molecule has 1 N–H and O–H groups in total. The molecule has 2 nitrogen and oxygen atoms in total. The molecule has 0 atom stereocenters. The first-order valence-electron chi connectivity index (χ1n) is 7.57. The van der Waals surface area contributed by atoms with Gasteiger partial charge in [-0.05, 0) is 46.7 Å². The zero-order valence-electron chi connectivity index (χ0n) is 13.0. The molecule has 0 fully saturated rings. The van der Waals surface area contributed by atoms with Crippen molar-refractivity contribution in [3.05, 3.63) is 83.9 Å². The Kier molecular flexibility index (Phi) is 4.57. The summed E-state index contributed by atoms with van der Waals surface area (Å²) < 4.78 is 37.6. The number of anilines is 1. The fourth-order valence-electron chi connectivity index (χ4n) is 2.49. The SMILES string of the molecule is O=C(/C=C/c1cccc2ccccc12)Nc1ccc(C(F)(F)F)cc1. The van der Waals surface area contributed by atoms with Crippen molar-refractivity contribution in [2.75, 3.05) is 5.32 Å². The van der Waals surface area contributed by atoms with Crippen LogP contribution in [0.4, 0.5) is 18.9 Å². The highest BCUT2D eigenvalue weighted by atomic mass is 19.4. The third kappa shape index (κ3) is 4.07. The molecule has 0 bridgehead atoms. The van der Waals surface area contributed by atoms with Gasteiger partial charge in [0.2, 0.25) is 5.91 Å². The van der Waals surface area contributed by atoms with Gasteiger partial charge in [0.05, 0.1) is 5.56 Å². The van der Waals surface area contributed by atoms with Crippen molar-refractivity contribution in [1.29, 1.82) is 0 Å². The Hall–Kier alpha value is -3.08. The van der Waals surface area contributed by atoms with E-state index in [9.17, 15) is 18.0 Å². The first kappa shape index (κ1) is 16.8. The van der Waals surface area contributed by atoms with Crippen molar-refractivity contribution >= 4 is 28.4 Å². The van der Waals surface area contributed by atoms with Gasteiger partial charge < -0.3 is 5.32 Å². The van der Waals surface area contributed by atoms with E-state index in [0.29, 0.717) is 5.69 Å². The Morgan fingerprint density at radius 1 is 0.880 bits per heavy atom. The van der Waals surface area contributed by atoms with Gasteiger partial charge in [-0.1, -0.05) is 42.5 Å². The number of amides is 1. The third-order valence-electron chi connectivity index (χ3n) is 3.72. The van der Waals surface area contributed by atoms with Crippen LogP contribution >= 0.6 is 0 Å². The maximum absolute atomic E-state index is 12.5. The minimum Gasteiger partial charge on any atom is -0.323 e. The van der Waals surface area contributed by atoms with Crippen LogP contribution in [0.25, 0.3) is 16.8 Å². The van der Waals surface area contributed by atoms with Gasteiger partial charge in [0.15, 0.2) is 0 Å². The highest BCUT2D eigenvalue weighted by Gasteiger charge is 2.29. The van der Waals surface area contributed by atoms with E-state index in [1.54, 1.807) is 6.08 Å². The lowest BCUT2D eigenvalue weighted by atomic mass is 10.0. The number of benzene rings is 3. The molecule has 0 radical (unpaired) electrons. The van der Waals surface area contributed by atoms with Crippen LogP contribution in [0, 0.1) is 0 Å². The van der Waals surface area contributed by atoms with Crippen molar-refractivity contribution in [3.63, 3.8) is 0 Å². The molecule has 0 spiro atoms. The van der Waals surface area contributed by atoms with E-state index < -0.39 is 17.6 Å². The monoisotopic (exact) mass is 341 g/mol. The summed E-state index contributed by atoms with van der Waals surface area (Å²) >= 11 is 0. The van der Waals surface area contributed by atoms with Gasteiger partial charge in [-0.15, -0.1) is 0 Å².